The summed E-state index contributed by atoms with van der Waals surface area (Å²) in [7, 11) is 0. The van der Waals surface area contributed by atoms with E-state index >= 15 is 0 Å². The number of phenols is 1. The minimum absolute atomic E-state index is 0.0601. The SMILES string of the molecule is Cc1n[nH]c2ccc(-c3cc(OC[C@H](N)Cc4c[nH]c5ccccc45)cnc3-c3cc(F)ccc3O)cc12. The summed E-state index contributed by atoms with van der Waals surface area (Å²) in [6, 6.07) is 19.4. The lowest BCUT2D eigenvalue weighted by Crippen LogP contribution is -2.30. The van der Waals surface area contributed by atoms with E-state index in [2.05, 4.69) is 26.2 Å². The van der Waals surface area contributed by atoms with Crippen LogP contribution in [0.5, 0.6) is 11.5 Å². The molecule has 7 nitrogen and oxygen atoms in total. The maximum absolute atomic E-state index is 14.1. The molecule has 0 spiro atoms. The molecule has 3 heterocycles. The van der Waals surface area contributed by atoms with Gasteiger partial charge in [-0.25, -0.2) is 4.39 Å². The number of hydrogen-bond donors (Lipinski definition) is 4. The first-order valence-electron chi connectivity index (χ1n) is 12.3. The van der Waals surface area contributed by atoms with Crippen LogP contribution in [-0.2, 0) is 6.42 Å². The highest BCUT2D eigenvalue weighted by atomic mass is 19.1. The van der Waals surface area contributed by atoms with Crippen LogP contribution in [0.25, 0.3) is 44.2 Å². The van der Waals surface area contributed by atoms with Crippen LogP contribution in [0.4, 0.5) is 4.39 Å². The van der Waals surface area contributed by atoms with Gasteiger partial charge in [-0.3, -0.25) is 10.1 Å². The van der Waals surface area contributed by atoms with E-state index in [0.717, 1.165) is 38.6 Å². The summed E-state index contributed by atoms with van der Waals surface area (Å²) in [4.78, 5) is 7.87. The number of nitrogens with zero attached hydrogens (tertiary/aromatic N) is 2. The fourth-order valence-corrected chi connectivity index (χ4v) is 4.82. The van der Waals surface area contributed by atoms with Crippen molar-refractivity contribution in [2.75, 3.05) is 6.61 Å². The number of ether oxygens (including phenoxy) is 1. The van der Waals surface area contributed by atoms with Crippen molar-refractivity contribution in [2.24, 2.45) is 5.73 Å². The zero-order chi connectivity index (χ0) is 26.2. The van der Waals surface area contributed by atoms with E-state index in [1.165, 1.54) is 18.2 Å². The lowest BCUT2D eigenvalue weighted by Gasteiger charge is -2.16. The fraction of sp³-hybridized carbons (Fsp3) is 0.133. The van der Waals surface area contributed by atoms with Crippen molar-refractivity contribution in [1.29, 1.82) is 0 Å². The standard InChI is InChI=1S/C30H26FN5O2/c1-17-24-11-18(6-8-28(24)36-35-17)25-13-22(15-34-30(25)26-12-20(31)7-9-29(26)37)38-16-21(32)10-19-14-33-27-5-3-2-4-23(19)27/h2-9,11-15,21,33,37H,10,16,32H2,1H3,(H,35,36)/t21-/m1/s1. The Labute approximate surface area is 218 Å². The van der Waals surface area contributed by atoms with E-state index in [-0.39, 0.29) is 18.4 Å². The van der Waals surface area contributed by atoms with Crippen molar-refractivity contribution in [1.82, 2.24) is 20.2 Å². The maximum atomic E-state index is 14.1. The maximum Gasteiger partial charge on any atom is 0.138 e. The third-order valence-corrected chi connectivity index (χ3v) is 6.76. The van der Waals surface area contributed by atoms with Gasteiger partial charge in [0.2, 0.25) is 0 Å². The summed E-state index contributed by atoms with van der Waals surface area (Å²) in [5.74, 6) is 0.00318. The molecule has 6 aromatic rings. The summed E-state index contributed by atoms with van der Waals surface area (Å²) < 4.78 is 20.2. The smallest absolute Gasteiger partial charge is 0.138 e. The molecule has 190 valence electrons. The molecule has 0 radical (unpaired) electrons. The number of para-hydroxylation sites is 1. The molecule has 0 aliphatic carbocycles. The number of pyridine rings is 1. The zero-order valence-corrected chi connectivity index (χ0v) is 20.7. The monoisotopic (exact) mass is 507 g/mol. The topological polar surface area (TPSA) is 113 Å². The van der Waals surface area contributed by atoms with Gasteiger partial charge in [0.05, 0.1) is 23.1 Å². The first kappa shape index (κ1) is 23.7. The Morgan fingerprint density at radius 1 is 1.00 bits per heavy atom. The van der Waals surface area contributed by atoms with Gasteiger partial charge in [0.25, 0.3) is 0 Å². The predicted molar refractivity (Wildman–Crippen MR) is 147 cm³/mol. The number of phenolic OH excluding ortho intramolecular Hbond substituents is 1. The number of fused-ring (bicyclic) bond motifs is 2. The van der Waals surface area contributed by atoms with Crippen molar-refractivity contribution in [2.45, 2.75) is 19.4 Å². The van der Waals surface area contributed by atoms with Crippen LogP contribution < -0.4 is 10.5 Å². The van der Waals surface area contributed by atoms with Gasteiger partial charge in [-0.2, -0.15) is 5.10 Å². The summed E-state index contributed by atoms with van der Waals surface area (Å²) in [6.45, 7) is 2.21. The van der Waals surface area contributed by atoms with Crippen LogP contribution in [0.3, 0.4) is 0 Å². The molecule has 1 atom stereocenters. The van der Waals surface area contributed by atoms with Crippen molar-refractivity contribution >= 4 is 21.8 Å². The fourth-order valence-electron chi connectivity index (χ4n) is 4.82. The quantitative estimate of drug-likeness (QED) is 0.216. The highest BCUT2D eigenvalue weighted by Gasteiger charge is 2.17. The molecule has 0 aliphatic rings. The highest BCUT2D eigenvalue weighted by molar-refractivity contribution is 5.91. The first-order valence-corrected chi connectivity index (χ1v) is 12.3. The van der Waals surface area contributed by atoms with E-state index in [9.17, 15) is 9.50 Å². The van der Waals surface area contributed by atoms with Gasteiger partial charge in [0.15, 0.2) is 0 Å². The largest absolute Gasteiger partial charge is 0.507 e. The number of hydrogen-bond acceptors (Lipinski definition) is 5. The van der Waals surface area contributed by atoms with Gasteiger partial charge in [-0.05, 0) is 66.9 Å². The molecule has 8 heteroatoms. The summed E-state index contributed by atoms with van der Waals surface area (Å²) >= 11 is 0. The Bertz CT molecular complexity index is 1770. The molecule has 0 saturated heterocycles. The number of aromatic amines is 2. The number of nitrogens with one attached hydrogen (secondary N) is 2. The molecule has 0 amide bonds. The van der Waals surface area contributed by atoms with Crippen LogP contribution in [0.2, 0.25) is 0 Å². The average Bonchev–Trinajstić information content (AvgIpc) is 3.51. The molecule has 5 N–H and O–H groups in total. The molecule has 0 aliphatic heterocycles. The molecule has 3 aromatic carbocycles. The molecule has 0 saturated carbocycles. The predicted octanol–water partition coefficient (Wildman–Crippen LogP) is 5.88. The molecule has 3 aromatic heterocycles. The van der Waals surface area contributed by atoms with Crippen molar-refractivity contribution in [3.05, 3.63) is 96.2 Å². The van der Waals surface area contributed by atoms with Gasteiger partial charge >= 0.3 is 0 Å². The third-order valence-electron chi connectivity index (χ3n) is 6.76. The number of aromatic nitrogens is 4. The van der Waals surface area contributed by atoms with Crippen LogP contribution in [-0.4, -0.2) is 37.9 Å². The summed E-state index contributed by atoms with van der Waals surface area (Å²) in [5.41, 5.74) is 12.7. The van der Waals surface area contributed by atoms with Gasteiger partial charge < -0.3 is 20.6 Å². The van der Waals surface area contributed by atoms with Crippen molar-refractivity contribution in [3.63, 3.8) is 0 Å². The molecule has 38 heavy (non-hydrogen) atoms. The molecule has 0 unspecified atom stereocenters. The zero-order valence-electron chi connectivity index (χ0n) is 20.7. The number of nitrogens with two attached hydrogens (primary N) is 1. The van der Waals surface area contributed by atoms with E-state index in [4.69, 9.17) is 10.5 Å². The lowest BCUT2D eigenvalue weighted by atomic mass is 9.97. The van der Waals surface area contributed by atoms with Gasteiger partial charge in [-0.1, -0.05) is 24.3 Å². The number of rotatable bonds is 7. The van der Waals surface area contributed by atoms with Gasteiger partial charge in [0.1, 0.15) is 23.9 Å². The number of H-pyrrole nitrogens is 2. The third kappa shape index (κ3) is 4.46. The van der Waals surface area contributed by atoms with E-state index in [1.807, 2.05) is 55.6 Å². The minimum Gasteiger partial charge on any atom is -0.507 e. The molecule has 0 fully saturated rings. The van der Waals surface area contributed by atoms with Crippen molar-refractivity contribution < 1.29 is 14.2 Å². The van der Waals surface area contributed by atoms with Crippen LogP contribution in [0.1, 0.15) is 11.3 Å². The van der Waals surface area contributed by atoms with E-state index in [1.54, 1.807) is 6.20 Å². The Kier molecular flexibility index (Phi) is 6.01. The second-order valence-electron chi connectivity index (χ2n) is 9.43. The van der Waals surface area contributed by atoms with Crippen LogP contribution >= 0.6 is 0 Å². The minimum atomic E-state index is -0.463. The van der Waals surface area contributed by atoms with Crippen molar-refractivity contribution in [3.8, 4) is 33.9 Å². The molecule has 6 rings (SSSR count). The number of aryl methyl sites for hydroxylation is 1. The Morgan fingerprint density at radius 3 is 2.76 bits per heavy atom. The summed E-state index contributed by atoms with van der Waals surface area (Å²) in [5, 5.41) is 19.9. The van der Waals surface area contributed by atoms with Gasteiger partial charge in [-0.15, -0.1) is 0 Å². The number of aromatic hydroxyl groups is 1. The first-order chi connectivity index (χ1) is 18.5. The highest BCUT2D eigenvalue weighted by Crippen LogP contribution is 2.38. The Hall–Kier alpha value is -4.69. The Morgan fingerprint density at radius 2 is 1.87 bits per heavy atom. The lowest BCUT2D eigenvalue weighted by molar-refractivity contribution is 0.287. The van der Waals surface area contributed by atoms with Gasteiger partial charge in [0, 0.05) is 39.7 Å². The second kappa shape index (κ2) is 9.64. The number of halogens is 1. The second-order valence-corrected chi connectivity index (χ2v) is 9.43. The molecular formula is C30H26FN5O2. The normalized spacial score (nSPS) is 12.3. The van der Waals surface area contributed by atoms with E-state index in [0.29, 0.717) is 29.0 Å². The molecular weight excluding hydrogens is 481 g/mol. The molecule has 0 bridgehead atoms. The van der Waals surface area contributed by atoms with Crippen LogP contribution in [0, 0.1) is 12.7 Å². The van der Waals surface area contributed by atoms with Crippen LogP contribution in [0.15, 0.2) is 79.1 Å². The average molecular weight is 508 g/mol. The summed E-state index contributed by atoms with van der Waals surface area (Å²) in [6.07, 6.45) is 4.21. The van der Waals surface area contributed by atoms with E-state index < -0.39 is 5.82 Å². The number of benzene rings is 3. The Balaban J connectivity index is 1.32.